The predicted octanol–water partition coefficient (Wildman–Crippen LogP) is 2.01. The molecule has 1 aliphatic carbocycles. The minimum Gasteiger partial charge on any atom is -0.476 e. The first-order valence-corrected chi connectivity index (χ1v) is 10.9. The Balaban J connectivity index is 1.67. The van der Waals surface area contributed by atoms with Crippen LogP contribution < -0.4 is 15.0 Å². The van der Waals surface area contributed by atoms with Gasteiger partial charge in [-0.15, -0.1) is 0 Å². The number of aliphatic hydroxyl groups excluding tert-OH is 1. The summed E-state index contributed by atoms with van der Waals surface area (Å²) in [4.78, 5) is 19.3. The van der Waals surface area contributed by atoms with Crippen molar-refractivity contribution in [2.45, 2.75) is 38.8 Å². The number of amides is 1. The van der Waals surface area contributed by atoms with E-state index in [1.807, 2.05) is 19.9 Å². The smallest absolute Gasteiger partial charge is 0.270 e. The van der Waals surface area contributed by atoms with Gasteiger partial charge in [0.25, 0.3) is 5.91 Å². The Morgan fingerprint density at radius 3 is 2.71 bits per heavy atom. The molecule has 0 unspecified atom stereocenters. The van der Waals surface area contributed by atoms with E-state index in [2.05, 4.69) is 15.2 Å². The van der Waals surface area contributed by atoms with Crippen molar-refractivity contribution in [1.82, 2.24) is 10.3 Å². The molecule has 3 rings (SSSR count). The molecule has 9 heteroatoms. The van der Waals surface area contributed by atoms with Crippen LogP contribution in [0, 0.1) is 17.8 Å². The average Bonchev–Trinajstić information content (AvgIpc) is 3.47. The molecule has 0 spiro atoms. The molecule has 2 N–H and O–H groups in total. The van der Waals surface area contributed by atoms with Crippen LogP contribution in [-0.4, -0.2) is 75.0 Å². The number of nitrogens with zero attached hydrogens (tertiary/aromatic N) is 2. The van der Waals surface area contributed by atoms with Gasteiger partial charge < -0.3 is 29.5 Å². The number of carbonyl (C=O) groups excluding carboxylic acids is 1. The van der Waals surface area contributed by atoms with Crippen LogP contribution in [0.15, 0.2) is 12.1 Å². The summed E-state index contributed by atoms with van der Waals surface area (Å²) in [6, 6.07) is 3.20. The van der Waals surface area contributed by atoms with Gasteiger partial charge in [-0.25, -0.2) is 9.37 Å². The third-order valence-electron chi connectivity index (χ3n) is 5.82. The summed E-state index contributed by atoms with van der Waals surface area (Å²) < 4.78 is 28.4. The highest BCUT2D eigenvalue weighted by molar-refractivity contribution is 5.93. The minimum absolute atomic E-state index is 0.123. The number of hydrogen-bond donors (Lipinski definition) is 2. The zero-order chi connectivity index (χ0) is 22.4. The second kappa shape index (κ2) is 11.1. The number of aliphatic hydroxyl groups is 1. The van der Waals surface area contributed by atoms with E-state index in [0.29, 0.717) is 43.3 Å². The van der Waals surface area contributed by atoms with Crippen molar-refractivity contribution in [1.29, 1.82) is 0 Å². The van der Waals surface area contributed by atoms with E-state index >= 15 is 0 Å². The number of aromatic nitrogens is 1. The molecule has 2 heterocycles. The highest BCUT2D eigenvalue weighted by Crippen LogP contribution is 2.40. The van der Waals surface area contributed by atoms with Gasteiger partial charge in [0.1, 0.15) is 11.4 Å². The molecule has 1 aromatic rings. The van der Waals surface area contributed by atoms with Crippen molar-refractivity contribution in [3.05, 3.63) is 17.8 Å². The number of methoxy groups -OCH3 is 1. The van der Waals surface area contributed by atoms with Crippen LogP contribution in [0.5, 0.6) is 5.88 Å². The first-order valence-electron chi connectivity index (χ1n) is 10.9. The van der Waals surface area contributed by atoms with Crippen LogP contribution >= 0.6 is 0 Å². The van der Waals surface area contributed by atoms with E-state index in [0.717, 1.165) is 25.2 Å². The van der Waals surface area contributed by atoms with Crippen LogP contribution in [-0.2, 0) is 9.47 Å². The summed E-state index contributed by atoms with van der Waals surface area (Å²) >= 11 is 0. The Bertz CT molecular complexity index is 729. The van der Waals surface area contributed by atoms with Gasteiger partial charge in [0.15, 0.2) is 6.86 Å². The average molecular weight is 440 g/mol. The van der Waals surface area contributed by atoms with Crippen LogP contribution in [0.4, 0.5) is 10.1 Å². The highest BCUT2D eigenvalue weighted by atomic mass is 19.1. The van der Waals surface area contributed by atoms with Gasteiger partial charge in [-0.3, -0.25) is 4.79 Å². The van der Waals surface area contributed by atoms with Crippen molar-refractivity contribution in [3.8, 4) is 5.88 Å². The van der Waals surface area contributed by atoms with Crippen molar-refractivity contribution >= 4 is 11.6 Å². The van der Waals surface area contributed by atoms with E-state index in [9.17, 15) is 14.3 Å². The van der Waals surface area contributed by atoms with Crippen LogP contribution in [0.1, 0.15) is 37.2 Å². The van der Waals surface area contributed by atoms with E-state index in [1.54, 1.807) is 13.2 Å². The second-order valence-electron chi connectivity index (χ2n) is 8.81. The standard InChI is InChI=1S/C22H34FN3O5/c1-14(2)6-17(10-27)24-21(28)19-4-5-20(26-8-18(9-26)29-3)22(25-19)31-12-16-7-15(16)11-30-13-23/h4-5,14-18,27H,6-13H2,1-3H3,(H,24,28)/t15-,16-,17+/m1/s1. The molecule has 1 saturated carbocycles. The van der Waals surface area contributed by atoms with Gasteiger partial charge in [0.05, 0.1) is 32.0 Å². The number of anilines is 1. The van der Waals surface area contributed by atoms with Gasteiger partial charge in [-0.05, 0) is 42.7 Å². The summed E-state index contributed by atoms with van der Waals surface area (Å²) in [5.74, 6) is 1.01. The Hall–Kier alpha value is -1.97. The van der Waals surface area contributed by atoms with Gasteiger partial charge in [-0.1, -0.05) is 13.8 Å². The highest BCUT2D eigenvalue weighted by Gasteiger charge is 2.38. The van der Waals surface area contributed by atoms with Crippen molar-refractivity contribution in [3.63, 3.8) is 0 Å². The predicted molar refractivity (Wildman–Crippen MR) is 114 cm³/mol. The number of hydrogen-bond acceptors (Lipinski definition) is 7. The fourth-order valence-electron chi connectivity index (χ4n) is 3.80. The normalized spacial score (nSPS) is 21.7. The fraction of sp³-hybridized carbons (Fsp3) is 0.727. The molecule has 31 heavy (non-hydrogen) atoms. The number of rotatable bonds is 13. The molecule has 2 fully saturated rings. The van der Waals surface area contributed by atoms with Gasteiger partial charge >= 0.3 is 0 Å². The number of ether oxygens (including phenoxy) is 3. The third-order valence-corrected chi connectivity index (χ3v) is 5.82. The first kappa shape index (κ1) is 23.7. The Kier molecular flexibility index (Phi) is 8.45. The maximum atomic E-state index is 12.7. The minimum atomic E-state index is -0.770. The van der Waals surface area contributed by atoms with Crippen molar-refractivity contribution in [2.75, 3.05) is 51.8 Å². The molecular weight excluding hydrogens is 405 g/mol. The Morgan fingerprint density at radius 2 is 2.06 bits per heavy atom. The molecule has 8 nitrogen and oxygen atoms in total. The lowest BCUT2D eigenvalue weighted by atomic mass is 10.0. The molecule has 174 valence electrons. The van der Waals surface area contributed by atoms with Gasteiger partial charge in [-0.2, -0.15) is 0 Å². The molecule has 1 aliphatic heterocycles. The van der Waals surface area contributed by atoms with E-state index in [-0.39, 0.29) is 30.4 Å². The van der Waals surface area contributed by atoms with Crippen LogP contribution in [0.3, 0.4) is 0 Å². The van der Waals surface area contributed by atoms with E-state index in [1.165, 1.54) is 0 Å². The van der Waals surface area contributed by atoms with Crippen LogP contribution in [0.25, 0.3) is 0 Å². The molecule has 3 atom stereocenters. The van der Waals surface area contributed by atoms with Crippen molar-refractivity contribution < 1.29 is 28.5 Å². The number of nitrogens with one attached hydrogen (secondary N) is 1. The number of halogens is 1. The monoisotopic (exact) mass is 439 g/mol. The SMILES string of the molecule is COC1CN(c2ccc(C(=O)N[C@H](CO)CC(C)C)nc2OC[C@H]2C[C@@H]2COCF)C1. The van der Waals surface area contributed by atoms with E-state index in [4.69, 9.17) is 14.2 Å². The maximum Gasteiger partial charge on any atom is 0.270 e. The molecule has 0 aromatic carbocycles. The van der Waals surface area contributed by atoms with Crippen LogP contribution in [0.2, 0.25) is 0 Å². The van der Waals surface area contributed by atoms with Gasteiger partial charge in [0, 0.05) is 20.2 Å². The van der Waals surface area contributed by atoms with Gasteiger partial charge in [0.2, 0.25) is 5.88 Å². The first-order chi connectivity index (χ1) is 14.9. The maximum absolute atomic E-state index is 12.7. The lowest BCUT2D eigenvalue weighted by Crippen LogP contribution is -2.52. The molecule has 1 amide bonds. The lowest BCUT2D eigenvalue weighted by molar-refractivity contribution is 0.0475. The number of carbonyl (C=O) groups is 1. The quantitative estimate of drug-likeness (QED) is 0.486. The summed E-state index contributed by atoms with van der Waals surface area (Å²) in [7, 11) is 1.69. The number of alkyl halides is 1. The third kappa shape index (κ3) is 6.51. The van der Waals surface area contributed by atoms with Crippen molar-refractivity contribution in [2.24, 2.45) is 17.8 Å². The topological polar surface area (TPSA) is 93.2 Å². The second-order valence-corrected chi connectivity index (χ2v) is 8.81. The zero-order valence-corrected chi connectivity index (χ0v) is 18.6. The molecule has 0 bridgehead atoms. The molecule has 2 aliphatic rings. The molecule has 1 aromatic heterocycles. The fourth-order valence-corrected chi connectivity index (χ4v) is 3.80. The lowest BCUT2D eigenvalue weighted by Gasteiger charge is -2.40. The number of pyridine rings is 1. The molecular formula is C22H34FN3O5. The summed E-state index contributed by atoms with van der Waals surface area (Å²) in [6.45, 7) is 5.49. The Labute approximate surface area is 183 Å². The summed E-state index contributed by atoms with van der Waals surface area (Å²) in [5.41, 5.74) is 1.07. The largest absolute Gasteiger partial charge is 0.476 e. The summed E-state index contributed by atoms with van der Waals surface area (Å²) in [5, 5.41) is 12.4. The van der Waals surface area contributed by atoms with E-state index < -0.39 is 6.86 Å². The molecule has 0 radical (unpaired) electrons. The summed E-state index contributed by atoms with van der Waals surface area (Å²) in [6.07, 6.45) is 1.78. The zero-order valence-electron chi connectivity index (χ0n) is 18.6. The Morgan fingerprint density at radius 1 is 1.32 bits per heavy atom. The molecule has 1 saturated heterocycles.